The fraction of sp³-hybridized carbons (Fsp3) is 0.261. The summed E-state index contributed by atoms with van der Waals surface area (Å²) in [5.41, 5.74) is 5.87. The van der Waals surface area contributed by atoms with Crippen LogP contribution < -0.4 is 10.1 Å². The predicted molar refractivity (Wildman–Crippen MR) is 110 cm³/mol. The van der Waals surface area contributed by atoms with Crippen molar-refractivity contribution >= 4 is 17.4 Å². The Morgan fingerprint density at radius 3 is 2.43 bits per heavy atom. The van der Waals surface area contributed by atoms with Crippen LogP contribution >= 0.6 is 0 Å². The standard InChI is InChI=1S/C23H23N3O2/c1-14-8-15(2)10-18(9-14)25-23-24-13-20-21(26-23)11-17(12-22(20)27)16-4-6-19(28-3)7-5-16/h4-10,13,17H,11-12H2,1-3H3,(H,24,25,26)/t17-/m1/s1. The Morgan fingerprint density at radius 2 is 1.75 bits per heavy atom. The molecule has 1 atom stereocenters. The molecule has 142 valence electrons. The molecule has 28 heavy (non-hydrogen) atoms. The maximum Gasteiger partial charge on any atom is 0.227 e. The zero-order valence-corrected chi connectivity index (χ0v) is 16.3. The van der Waals surface area contributed by atoms with Crippen LogP contribution in [0.15, 0.2) is 48.7 Å². The summed E-state index contributed by atoms with van der Waals surface area (Å²) in [5, 5.41) is 3.27. The number of fused-ring (bicyclic) bond motifs is 1. The van der Waals surface area contributed by atoms with Crippen molar-refractivity contribution in [2.75, 3.05) is 12.4 Å². The van der Waals surface area contributed by atoms with Crippen LogP contribution in [0.1, 0.15) is 45.1 Å². The van der Waals surface area contributed by atoms with Crippen LogP contribution in [0.25, 0.3) is 0 Å². The number of Topliss-reactive ketones (excluding diaryl/α,β-unsaturated/α-hetero) is 1. The van der Waals surface area contributed by atoms with Crippen molar-refractivity contribution in [3.8, 4) is 5.75 Å². The maximum atomic E-state index is 12.6. The Hall–Kier alpha value is -3.21. The average Bonchev–Trinajstić information content (AvgIpc) is 2.67. The second-order valence-electron chi connectivity index (χ2n) is 7.36. The highest BCUT2D eigenvalue weighted by Gasteiger charge is 2.28. The third-order valence-electron chi connectivity index (χ3n) is 5.10. The first-order valence-electron chi connectivity index (χ1n) is 9.40. The SMILES string of the molecule is COc1ccc([C@H]2CC(=O)c3cnc(Nc4cc(C)cc(C)c4)nc3C2)cc1. The van der Waals surface area contributed by atoms with Gasteiger partial charge in [-0.3, -0.25) is 4.79 Å². The van der Waals surface area contributed by atoms with Gasteiger partial charge in [0.05, 0.1) is 18.4 Å². The minimum Gasteiger partial charge on any atom is -0.497 e. The van der Waals surface area contributed by atoms with Gasteiger partial charge in [0.25, 0.3) is 0 Å². The van der Waals surface area contributed by atoms with Crippen molar-refractivity contribution in [2.45, 2.75) is 32.6 Å². The smallest absolute Gasteiger partial charge is 0.227 e. The molecule has 0 aliphatic heterocycles. The van der Waals surface area contributed by atoms with Gasteiger partial charge in [-0.05, 0) is 67.1 Å². The van der Waals surface area contributed by atoms with Crippen LogP contribution in [0.4, 0.5) is 11.6 Å². The first-order chi connectivity index (χ1) is 13.5. The molecule has 0 saturated heterocycles. The van der Waals surface area contributed by atoms with E-state index in [0.717, 1.165) is 29.1 Å². The Morgan fingerprint density at radius 1 is 1.04 bits per heavy atom. The number of nitrogens with zero attached hydrogens (tertiary/aromatic N) is 2. The van der Waals surface area contributed by atoms with E-state index in [1.807, 2.05) is 24.3 Å². The van der Waals surface area contributed by atoms with Gasteiger partial charge in [0, 0.05) is 18.3 Å². The number of hydrogen-bond acceptors (Lipinski definition) is 5. The number of hydrogen-bond donors (Lipinski definition) is 1. The normalized spacial score (nSPS) is 15.8. The molecule has 0 bridgehead atoms. The first kappa shape index (κ1) is 18.2. The van der Waals surface area contributed by atoms with Crippen LogP contribution in [-0.2, 0) is 6.42 Å². The van der Waals surface area contributed by atoms with Crippen molar-refractivity contribution < 1.29 is 9.53 Å². The third-order valence-corrected chi connectivity index (χ3v) is 5.10. The summed E-state index contributed by atoms with van der Waals surface area (Å²) < 4.78 is 5.23. The minimum absolute atomic E-state index is 0.0972. The predicted octanol–water partition coefficient (Wildman–Crippen LogP) is 4.76. The highest BCUT2D eigenvalue weighted by Crippen LogP contribution is 2.33. The van der Waals surface area contributed by atoms with Crippen LogP contribution in [-0.4, -0.2) is 22.9 Å². The molecule has 2 aromatic carbocycles. The minimum atomic E-state index is 0.0972. The summed E-state index contributed by atoms with van der Waals surface area (Å²) in [5.74, 6) is 1.55. The lowest BCUT2D eigenvalue weighted by Gasteiger charge is -2.23. The fourth-order valence-electron chi connectivity index (χ4n) is 3.79. The van der Waals surface area contributed by atoms with E-state index in [-0.39, 0.29) is 11.7 Å². The molecular weight excluding hydrogens is 350 g/mol. The number of anilines is 2. The zero-order valence-electron chi connectivity index (χ0n) is 16.3. The summed E-state index contributed by atoms with van der Waals surface area (Å²) in [7, 11) is 1.65. The summed E-state index contributed by atoms with van der Waals surface area (Å²) in [6.45, 7) is 4.12. The number of carbonyl (C=O) groups excluding carboxylic acids is 1. The highest BCUT2D eigenvalue weighted by molar-refractivity contribution is 5.98. The van der Waals surface area contributed by atoms with Crippen LogP contribution in [0.5, 0.6) is 5.75 Å². The maximum absolute atomic E-state index is 12.6. The number of carbonyl (C=O) groups is 1. The van der Waals surface area contributed by atoms with Gasteiger partial charge in [0.1, 0.15) is 5.75 Å². The molecule has 0 unspecified atom stereocenters. The monoisotopic (exact) mass is 373 g/mol. The lowest BCUT2D eigenvalue weighted by molar-refractivity contribution is 0.0962. The number of ketones is 1. The lowest BCUT2D eigenvalue weighted by Crippen LogP contribution is -2.21. The van der Waals surface area contributed by atoms with Crippen LogP contribution in [0, 0.1) is 13.8 Å². The highest BCUT2D eigenvalue weighted by atomic mass is 16.5. The van der Waals surface area contributed by atoms with E-state index < -0.39 is 0 Å². The summed E-state index contributed by atoms with van der Waals surface area (Å²) in [6.07, 6.45) is 2.85. The molecule has 1 aliphatic rings. The number of rotatable bonds is 4. The Kier molecular flexibility index (Phi) is 4.82. The molecule has 0 saturated carbocycles. The molecule has 0 spiro atoms. The van der Waals surface area contributed by atoms with Gasteiger partial charge in [0.15, 0.2) is 5.78 Å². The van der Waals surface area contributed by atoms with Gasteiger partial charge < -0.3 is 10.1 Å². The fourth-order valence-corrected chi connectivity index (χ4v) is 3.79. The molecular formula is C23H23N3O2. The molecule has 1 aromatic heterocycles. The van der Waals surface area contributed by atoms with Crippen LogP contribution in [0.3, 0.4) is 0 Å². The van der Waals surface area contributed by atoms with Gasteiger partial charge in [-0.2, -0.15) is 0 Å². The lowest BCUT2D eigenvalue weighted by atomic mass is 9.82. The molecule has 4 rings (SSSR count). The molecule has 0 radical (unpaired) electrons. The molecule has 0 amide bonds. The largest absolute Gasteiger partial charge is 0.497 e. The second-order valence-corrected chi connectivity index (χ2v) is 7.36. The van der Waals surface area contributed by atoms with Crippen molar-refractivity contribution in [3.63, 3.8) is 0 Å². The number of ether oxygens (including phenoxy) is 1. The molecule has 1 N–H and O–H groups in total. The summed E-state index contributed by atoms with van der Waals surface area (Å²) >= 11 is 0. The Labute approximate surface area is 164 Å². The zero-order chi connectivity index (χ0) is 19.7. The first-order valence-corrected chi connectivity index (χ1v) is 9.40. The van der Waals surface area contributed by atoms with Gasteiger partial charge in [0.2, 0.25) is 5.95 Å². The van der Waals surface area contributed by atoms with Crippen LogP contribution in [0.2, 0.25) is 0 Å². The molecule has 5 heteroatoms. The molecule has 1 heterocycles. The van der Waals surface area contributed by atoms with E-state index in [9.17, 15) is 4.79 Å². The van der Waals surface area contributed by atoms with Crippen molar-refractivity contribution in [3.05, 3.63) is 76.6 Å². The quantitative estimate of drug-likeness (QED) is 0.714. The number of benzene rings is 2. The van der Waals surface area contributed by atoms with Gasteiger partial charge in [-0.15, -0.1) is 0 Å². The van der Waals surface area contributed by atoms with E-state index >= 15 is 0 Å². The number of nitrogens with one attached hydrogen (secondary N) is 1. The number of methoxy groups -OCH3 is 1. The second kappa shape index (κ2) is 7.43. The Balaban J connectivity index is 1.60. The molecule has 0 fully saturated rings. The van der Waals surface area contributed by atoms with Crippen molar-refractivity contribution in [1.82, 2.24) is 9.97 Å². The van der Waals surface area contributed by atoms with E-state index in [4.69, 9.17) is 4.74 Å². The third kappa shape index (κ3) is 3.74. The van der Waals surface area contributed by atoms with E-state index in [0.29, 0.717) is 17.9 Å². The summed E-state index contributed by atoms with van der Waals surface area (Å²) in [4.78, 5) is 21.6. The summed E-state index contributed by atoms with van der Waals surface area (Å²) in [6, 6.07) is 14.2. The Bertz CT molecular complexity index is 1010. The van der Waals surface area contributed by atoms with Crippen molar-refractivity contribution in [2.24, 2.45) is 0 Å². The average molecular weight is 373 g/mol. The molecule has 3 aromatic rings. The number of aromatic nitrogens is 2. The van der Waals surface area contributed by atoms with E-state index in [2.05, 4.69) is 47.3 Å². The number of aryl methyl sites for hydroxylation is 2. The van der Waals surface area contributed by atoms with Gasteiger partial charge in [-0.1, -0.05) is 18.2 Å². The van der Waals surface area contributed by atoms with E-state index in [1.165, 1.54) is 11.1 Å². The van der Waals surface area contributed by atoms with E-state index in [1.54, 1.807) is 13.3 Å². The topological polar surface area (TPSA) is 64.1 Å². The molecule has 5 nitrogen and oxygen atoms in total. The van der Waals surface area contributed by atoms with Crippen molar-refractivity contribution in [1.29, 1.82) is 0 Å². The van der Waals surface area contributed by atoms with Gasteiger partial charge >= 0.3 is 0 Å². The molecule has 1 aliphatic carbocycles. The van der Waals surface area contributed by atoms with Gasteiger partial charge in [-0.25, -0.2) is 9.97 Å².